The topological polar surface area (TPSA) is 46.3 Å². The van der Waals surface area contributed by atoms with Crippen molar-refractivity contribution in [1.29, 1.82) is 0 Å². The highest BCUT2D eigenvalue weighted by molar-refractivity contribution is 5.91. The number of amides is 1. The van der Waals surface area contributed by atoms with Gasteiger partial charge in [0.1, 0.15) is 0 Å². The van der Waals surface area contributed by atoms with E-state index in [0.717, 1.165) is 31.6 Å². The maximum atomic E-state index is 12.6. The van der Waals surface area contributed by atoms with E-state index in [-0.39, 0.29) is 11.8 Å². The van der Waals surface area contributed by atoms with E-state index in [1.165, 1.54) is 5.56 Å². The van der Waals surface area contributed by atoms with Gasteiger partial charge in [0.2, 0.25) is 5.76 Å². The van der Waals surface area contributed by atoms with E-state index in [4.69, 9.17) is 4.52 Å². The van der Waals surface area contributed by atoms with Crippen molar-refractivity contribution in [2.75, 3.05) is 13.1 Å². The minimum atomic E-state index is -0.0416. The van der Waals surface area contributed by atoms with E-state index >= 15 is 0 Å². The number of carbonyl (C=O) groups excluding carboxylic acids is 1. The molecule has 116 valence electrons. The fourth-order valence-corrected chi connectivity index (χ4v) is 2.98. The van der Waals surface area contributed by atoms with E-state index in [0.29, 0.717) is 11.7 Å². The normalized spacial score (nSPS) is 18.7. The lowest BCUT2D eigenvalue weighted by atomic mass is 9.90. The number of carbonyl (C=O) groups is 1. The molecule has 1 aromatic heterocycles. The number of likely N-dealkylation sites (tertiary alicyclic amines) is 1. The zero-order valence-electron chi connectivity index (χ0n) is 13.2. The molecule has 0 bridgehead atoms. The van der Waals surface area contributed by atoms with Gasteiger partial charge in [0.05, 0.1) is 5.69 Å². The summed E-state index contributed by atoms with van der Waals surface area (Å²) >= 11 is 0. The predicted molar refractivity (Wildman–Crippen MR) is 84.9 cm³/mol. The average Bonchev–Trinajstić information content (AvgIpc) is 3.05. The van der Waals surface area contributed by atoms with Crippen molar-refractivity contribution in [3.05, 3.63) is 53.4 Å². The highest BCUT2D eigenvalue weighted by atomic mass is 16.5. The Hall–Kier alpha value is -2.10. The van der Waals surface area contributed by atoms with Gasteiger partial charge < -0.3 is 9.42 Å². The summed E-state index contributed by atoms with van der Waals surface area (Å²) in [5.41, 5.74) is 2.14. The highest BCUT2D eigenvalue weighted by Crippen LogP contribution is 2.27. The first-order chi connectivity index (χ1) is 10.6. The first-order valence-corrected chi connectivity index (χ1v) is 7.96. The van der Waals surface area contributed by atoms with Crippen LogP contribution in [0.1, 0.15) is 60.3 Å². The summed E-state index contributed by atoms with van der Waals surface area (Å²) in [5, 5.41) is 3.99. The smallest absolute Gasteiger partial charge is 0.292 e. The van der Waals surface area contributed by atoms with E-state index in [1.54, 1.807) is 6.07 Å². The van der Waals surface area contributed by atoms with Crippen molar-refractivity contribution < 1.29 is 9.32 Å². The lowest BCUT2D eigenvalue weighted by Crippen LogP contribution is -2.39. The zero-order chi connectivity index (χ0) is 15.5. The molecule has 1 aliphatic rings. The van der Waals surface area contributed by atoms with Crippen LogP contribution in [0.5, 0.6) is 0 Å². The molecule has 0 N–H and O–H groups in total. The van der Waals surface area contributed by atoms with Crippen LogP contribution in [-0.2, 0) is 0 Å². The molecule has 1 saturated heterocycles. The Labute approximate surface area is 131 Å². The number of hydrogen-bond donors (Lipinski definition) is 0. The minimum Gasteiger partial charge on any atom is -0.351 e. The van der Waals surface area contributed by atoms with Crippen LogP contribution >= 0.6 is 0 Å². The monoisotopic (exact) mass is 298 g/mol. The van der Waals surface area contributed by atoms with Crippen molar-refractivity contribution in [3.8, 4) is 0 Å². The van der Waals surface area contributed by atoms with Crippen LogP contribution in [0, 0.1) is 0 Å². The molecule has 4 heteroatoms. The second-order valence-electron chi connectivity index (χ2n) is 6.27. The molecule has 4 nitrogen and oxygen atoms in total. The van der Waals surface area contributed by atoms with Crippen molar-refractivity contribution in [1.82, 2.24) is 10.1 Å². The lowest BCUT2D eigenvalue weighted by molar-refractivity contribution is 0.0665. The fourth-order valence-electron chi connectivity index (χ4n) is 2.98. The maximum Gasteiger partial charge on any atom is 0.292 e. The first kappa shape index (κ1) is 14.8. The molecule has 3 rings (SSSR count). The molecular weight excluding hydrogens is 276 g/mol. The van der Waals surface area contributed by atoms with Crippen LogP contribution in [0.3, 0.4) is 0 Å². The average molecular weight is 298 g/mol. The van der Waals surface area contributed by atoms with Gasteiger partial charge in [-0.2, -0.15) is 0 Å². The largest absolute Gasteiger partial charge is 0.351 e. The summed E-state index contributed by atoms with van der Waals surface area (Å²) in [6.45, 7) is 5.62. The summed E-state index contributed by atoms with van der Waals surface area (Å²) in [6, 6.07) is 12.2. The van der Waals surface area contributed by atoms with Gasteiger partial charge in [-0.15, -0.1) is 0 Å². The summed E-state index contributed by atoms with van der Waals surface area (Å²) in [7, 11) is 0. The molecule has 2 heterocycles. The van der Waals surface area contributed by atoms with Crippen molar-refractivity contribution >= 4 is 5.91 Å². The van der Waals surface area contributed by atoms with Crippen LogP contribution in [0.2, 0.25) is 0 Å². The molecule has 1 fully saturated rings. The second kappa shape index (κ2) is 6.34. The van der Waals surface area contributed by atoms with Gasteiger partial charge in [0.25, 0.3) is 5.91 Å². The standard InChI is InChI=1S/C18H22N2O2/c1-13(2)16-11-17(22-19-16)18(21)20-10-6-9-15(12-20)14-7-4-3-5-8-14/h3-5,7-8,11,13,15H,6,9-10,12H2,1-2H3/t15-/m1/s1. The number of piperidine rings is 1. The van der Waals surface area contributed by atoms with Gasteiger partial charge in [-0.3, -0.25) is 4.79 Å². The Balaban J connectivity index is 1.72. The molecule has 1 aliphatic heterocycles. The first-order valence-electron chi connectivity index (χ1n) is 7.96. The van der Waals surface area contributed by atoms with Crippen LogP contribution < -0.4 is 0 Å². The quantitative estimate of drug-likeness (QED) is 0.865. The van der Waals surface area contributed by atoms with Gasteiger partial charge >= 0.3 is 0 Å². The van der Waals surface area contributed by atoms with Gasteiger partial charge in [-0.25, -0.2) is 0 Å². The number of hydrogen-bond acceptors (Lipinski definition) is 3. The predicted octanol–water partition coefficient (Wildman–Crippen LogP) is 3.82. The highest BCUT2D eigenvalue weighted by Gasteiger charge is 2.27. The van der Waals surface area contributed by atoms with E-state index < -0.39 is 0 Å². The molecule has 1 atom stereocenters. The molecule has 0 aliphatic carbocycles. The van der Waals surface area contributed by atoms with Gasteiger partial charge in [-0.1, -0.05) is 49.3 Å². The zero-order valence-corrected chi connectivity index (χ0v) is 13.2. The number of rotatable bonds is 3. The molecule has 0 unspecified atom stereocenters. The van der Waals surface area contributed by atoms with Gasteiger partial charge in [0.15, 0.2) is 0 Å². The number of benzene rings is 1. The Morgan fingerprint density at radius 3 is 2.77 bits per heavy atom. The van der Waals surface area contributed by atoms with Crippen LogP contribution in [-0.4, -0.2) is 29.1 Å². The fraction of sp³-hybridized carbons (Fsp3) is 0.444. The van der Waals surface area contributed by atoms with Crippen LogP contribution in [0.25, 0.3) is 0 Å². The van der Waals surface area contributed by atoms with Crippen LogP contribution in [0.4, 0.5) is 0 Å². The third-order valence-corrected chi connectivity index (χ3v) is 4.31. The van der Waals surface area contributed by atoms with Gasteiger partial charge in [0, 0.05) is 25.1 Å². The maximum absolute atomic E-state index is 12.6. The molecule has 1 amide bonds. The molecule has 2 aromatic rings. The summed E-state index contributed by atoms with van der Waals surface area (Å²) in [6.07, 6.45) is 2.15. The third kappa shape index (κ3) is 3.06. The van der Waals surface area contributed by atoms with Crippen molar-refractivity contribution in [2.45, 2.75) is 38.5 Å². The summed E-state index contributed by atoms with van der Waals surface area (Å²) in [5.74, 6) is 0.993. The number of nitrogens with zero attached hydrogens (tertiary/aromatic N) is 2. The molecular formula is C18H22N2O2. The van der Waals surface area contributed by atoms with Gasteiger partial charge in [-0.05, 0) is 24.3 Å². The Morgan fingerprint density at radius 2 is 2.09 bits per heavy atom. The summed E-state index contributed by atoms with van der Waals surface area (Å²) in [4.78, 5) is 14.5. The van der Waals surface area contributed by atoms with E-state index in [2.05, 4.69) is 29.4 Å². The molecule has 0 spiro atoms. The molecule has 22 heavy (non-hydrogen) atoms. The van der Waals surface area contributed by atoms with Crippen LogP contribution in [0.15, 0.2) is 40.9 Å². The third-order valence-electron chi connectivity index (χ3n) is 4.31. The van der Waals surface area contributed by atoms with Crippen molar-refractivity contribution in [3.63, 3.8) is 0 Å². The molecule has 1 aromatic carbocycles. The van der Waals surface area contributed by atoms with E-state index in [9.17, 15) is 4.79 Å². The Kier molecular flexibility index (Phi) is 4.27. The minimum absolute atomic E-state index is 0.0416. The second-order valence-corrected chi connectivity index (χ2v) is 6.27. The lowest BCUT2D eigenvalue weighted by Gasteiger charge is -2.32. The number of aromatic nitrogens is 1. The molecule has 0 saturated carbocycles. The summed E-state index contributed by atoms with van der Waals surface area (Å²) < 4.78 is 5.24. The molecule has 0 radical (unpaired) electrons. The van der Waals surface area contributed by atoms with E-state index in [1.807, 2.05) is 24.8 Å². The Morgan fingerprint density at radius 1 is 1.32 bits per heavy atom. The Bertz CT molecular complexity index is 634. The van der Waals surface area contributed by atoms with Crippen molar-refractivity contribution in [2.24, 2.45) is 0 Å². The SMILES string of the molecule is CC(C)c1cc(C(=O)N2CCC[C@@H](c3ccccc3)C2)on1.